The first-order valence-corrected chi connectivity index (χ1v) is 9.67. The summed E-state index contributed by atoms with van der Waals surface area (Å²) in [5, 5.41) is 5.42. The van der Waals surface area contributed by atoms with Crippen molar-refractivity contribution in [1.82, 2.24) is 10.2 Å². The Balaban J connectivity index is 1.69. The second-order valence-corrected chi connectivity index (χ2v) is 7.13. The molecule has 8 heteroatoms. The fourth-order valence-corrected chi connectivity index (χ4v) is 3.80. The van der Waals surface area contributed by atoms with E-state index in [2.05, 4.69) is 10.6 Å². The van der Waals surface area contributed by atoms with E-state index in [0.29, 0.717) is 12.8 Å². The third-order valence-electron chi connectivity index (χ3n) is 5.20. The molecule has 1 aliphatic heterocycles. The van der Waals surface area contributed by atoms with E-state index in [1.54, 1.807) is 31.2 Å². The number of urea groups is 1. The van der Waals surface area contributed by atoms with Gasteiger partial charge in [0.25, 0.3) is 5.91 Å². The lowest BCUT2D eigenvalue weighted by Crippen LogP contribution is -2.47. The summed E-state index contributed by atoms with van der Waals surface area (Å²) in [6.45, 7) is 1.51. The van der Waals surface area contributed by atoms with Gasteiger partial charge in [0.1, 0.15) is 12.1 Å². The Bertz CT molecular complexity index is 784. The number of carbonyl (C=O) groups excluding carboxylic acids is 4. The Morgan fingerprint density at radius 1 is 1.14 bits per heavy atom. The number of ether oxygens (including phenoxy) is 1. The topological polar surface area (TPSA) is 105 Å². The van der Waals surface area contributed by atoms with Gasteiger partial charge in [-0.1, -0.05) is 37.8 Å². The summed E-state index contributed by atoms with van der Waals surface area (Å²) in [5.74, 6) is -1.44. The number of imide groups is 1. The number of anilines is 1. The molecule has 4 amide bonds. The van der Waals surface area contributed by atoms with Crippen LogP contribution in [0.1, 0.15) is 55.8 Å². The molecule has 1 aromatic carbocycles. The molecule has 0 bridgehead atoms. The van der Waals surface area contributed by atoms with Crippen LogP contribution >= 0.6 is 0 Å². The molecule has 0 atom stereocenters. The standard InChI is InChI=1S/C20H25N3O5/c1-2-28-17(25)14-9-5-6-10-15(14)21-16(24)13-23-18(26)20(22-19(23)27)11-7-3-4-8-12-20/h5-6,9-10H,2-4,7-8,11-13H2,1H3,(H,21,24)(H,22,27). The molecule has 2 N–H and O–H groups in total. The van der Waals surface area contributed by atoms with Crippen LogP contribution in [0.5, 0.6) is 0 Å². The third-order valence-corrected chi connectivity index (χ3v) is 5.20. The van der Waals surface area contributed by atoms with Crippen molar-refractivity contribution in [2.45, 2.75) is 51.0 Å². The molecular formula is C20H25N3O5. The SMILES string of the molecule is CCOC(=O)c1ccccc1NC(=O)CN1C(=O)NC2(CCCCCC2)C1=O. The van der Waals surface area contributed by atoms with Crippen molar-refractivity contribution in [2.24, 2.45) is 0 Å². The Morgan fingerprint density at radius 3 is 2.50 bits per heavy atom. The van der Waals surface area contributed by atoms with Gasteiger partial charge in [-0.25, -0.2) is 9.59 Å². The van der Waals surface area contributed by atoms with Gasteiger partial charge in [0, 0.05) is 0 Å². The summed E-state index contributed by atoms with van der Waals surface area (Å²) in [6, 6.07) is 5.91. The minimum absolute atomic E-state index is 0.214. The fourth-order valence-electron chi connectivity index (χ4n) is 3.80. The van der Waals surface area contributed by atoms with E-state index in [1.807, 2.05) is 0 Å². The maximum atomic E-state index is 12.9. The first kappa shape index (κ1) is 19.9. The summed E-state index contributed by atoms with van der Waals surface area (Å²) in [5.41, 5.74) is -0.381. The number of nitrogens with zero attached hydrogens (tertiary/aromatic N) is 1. The summed E-state index contributed by atoms with van der Waals surface area (Å²) in [4.78, 5) is 50.7. The Hall–Kier alpha value is -2.90. The largest absolute Gasteiger partial charge is 0.462 e. The number of rotatable bonds is 5. The summed E-state index contributed by atoms with van der Waals surface area (Å²) >= 11 is 0. The number of para-hydroxylation sites is 1. The van der Waals surface area contributed by atoms with Crippen molar-refractivity contribution in [2.75, 3.05) is 18.5 Å². The number of hydrogen-bond donors (Lipinski definition) is 2. The van der Waals surface area contributed by atoms with Gasteiger partial charge in [0.05, 0.1) is 17.9 Å². The molecule has 2 aliphatic rings. The van der Waals surface area contributed by atoms with E-state index in [-0.39, 0.29) is 23.8 Å². The molecule has 0 aromatic heterocycles. The van der Waals surface area contributed by atoms with Crippen LogP contribution in [0, 0.1) is 0 Å². The Morgan fingerprint density at radius 2 is 1.82 bits per heavy atom. The molecule has 1 spiro atoms. The van der Waals surface area contributed by atoms with Gasteiger partial charge in [0.15, 0.2) is 0 Å². The zero-order valence-corrected chi connectivity index (χ0v) is 16.0. The molecule has 0 unspecified atom stereocenters. The minimum atomic E-state index is -0.878. The molecule has 0 radical (unpaired) electrons. The Kier molecular flexibility index (Phi) is 5.96. The molecule has 28 heavy (non-hydrogen) atoms. The van der Waals surface area contributed by atoms with E-state index in [4.69, 9.17) is 4.74 Å². The normalized spacial score (nSPS) is 18.5. The van der Waals surface area contributed by atoms with Crippen LogP contribution < -0.4 is 10.6 Å². The van der Waals surface area contributed by atoms with Gasteiger partial charge in [-0.3, -0.25) is 14.5 Å². The monoisotopic (exact) mass is 387 g/mol. The number of esters is 1. The molecule has 3 rings (SSSR count). The number of hydrogen-bond acceptors (Lipinski definition) is 5. The third kappa shape index (κ3) is 4.00. The van der Waals surface area contributed by atoms with E-state index in [1.165, 1.54) is 0 Å². The van der Waals surface area contributed by atoms with Crippen LogP contribution in [0.25, 0.3) is 0 Å². The predicted octanol–water partition coefficient (Wildman–Crippen LogP) is 2.45. The summed E-state index contributed by atoms with van der Waals surface area (Å²) in [7, 11) is 0. The lowest BCUT2D eigenvalue weighted by Gasteiger charge is -2.24. The summed E-state index contributed by atoms with van der Waals surface area (Å²) in [6.07, 6.45) is 5.02. The number of carbonyl (C=O) groups is 4. The van der Waals surface area contributed by atoms with Gasteiger partial charge in [-0.05, 0) is 31.9 Å². The van der Waals surface area contributed by atoms with Crippen molar-refractivity contribution in [1.29, 1.82) is 0 Å². The van der Waals surface area contributed by atoms with Gasteiger partial charge in [-0.15, -0.1) is 0 Å². The van der Waals surface area contributed by atoms with Gasteiger partial charge in [0.2, 0.25) is 5.91 Å². The predicted molar refractivity (Wildman–Crippen MR) is 102 cm³/mol. The molecule has 2 fully saturated rings. The van der Waals surface area contributed by atoms with E-state index >= 15 is 0 Å². The first-order chi connectivity index (χ1) is 13.5. The Labute approximate surface area is 163 Å². The van der Waals surface area contributed by atoms with Crippen molar-refractivity contribution in [3.63, 3.8) is 0 Å². The second kappa shape index (κ2) is 8.41. The van der Waals surface area contributed by atoms with Crippen LogP contribution in [0.4, 0.5) is 10.5 Å². The van der Waals surface area contributed by atoms with E-state index < -0.39 is 30.0 Å². The molecule has 1 aliphatic carbocycles. The molecule has 1 saturated carbocycles. The lowest BCUT2D eigenvalue weighted by atomic mass is 9.90. The van der Waals surface area contributed by atoms with Crippen molar-refractivity contribution >= 4 is 29.5 Å². The van der Waals surface area contributed by atoms with Crippen LogP contribution in [0.15, 0.2) is 24.3 Å². The number of amides is 4. The highest BCUT2D eigenvalue weighted by atomic mass is 16.5. The number of benzene rings is 1. The number of nitrogens with one attached hydrogen (secondary N) is 2. The zero-order valence-electron chi connectivity index (χ0n) is 16.0. The van der Waals surface area contributed by atoms with Gasteiger partial charge < -0.3 is 15.4 Å². The van der Waals surface area contributed by atoms with E-state index in [0.717, 1.165) is 30.6 Å². The average molecular weight is 387 g/mol. The van der Waals surface area contributed by atoms with Crippen molar-refractivity contribution in [3.8, 4) is 0 Å². The van der Waals surface area contributed by atoms with Crippen molar-refractivity contribution in [3.05, 3.63) is 29.8 Å². The molecular weight excluding hydrogens is 362 g/mol. The zero-order chi connectivity index (χ0) is 20.1. The quantitative estimate of drug-likeness (QED) is 0.596. The molecule has 1 heterocycles. The average Bonchev–Trinajstić information content (AvgIpc) is 2.84. The smallest absolute Gasteiger partial charge is 0.340 e. The first-order valence-electron chi connectivity index (χ1n) is 9.67. The highest BCUT2D eigenvalue weighted by Crippen LogP contribution is 2.32. The maximum Gasteiger partial charge on any atom is 0.340 e. The highest BCUT2D eigenvalue weighted by Gasteiger charge is 2.51. The van der Waals surface area contributed by atoms with Crippen LogP contribution in [0.2, 0.25) is 0 Å². The molecule has 150 valence electrons. The second-order valence-electron chi connectivity index (χ2n) is 7.13. The fraction of sp³-hybridized carbons (Fsp3) is 0.500. The highest BCUT2D eigenvalue weighted by molar-refractivity contribution is 6.10. The summed E-state index contributed by atoms with van der Waals surface area (Å²) < 4.78 is 4.99. The van der Waals surface area contributed by atoms with Crippen LogP contribution in [-0.4, -0.2) is 47.4 Å². The van der Waals surface area contributed by atoms with Gasteiger partial charge >= 0.3 is 12.0 Å². The lowest BCUT2D eigenvalue weighted by molar-refractivity contribution is -0.134. The van der Waals surface area contributed by atoms with Crippen LogP contribution in [-0.2, 0) is 14.3 Å². The minimum Gasteiger partial charge on any atom is -0.462 e. The van der Waals surface area contributed by atoms with Gasteiger partial charge in [-0.2, -0.15) is 0 Å². The van der Waals surface area contributed by atoms with E-state index in [9.17, 15) is 19.2 Å². The van der Waals surface area contributed by atoms with Crippen LogP contribution in [0.3, 0.4) is 0 Å². The molecule has 8 nitrogen and oxygen atoms in total. The molecule has 1 saturated heterocycles. The molecule has 1 aromatic rings. The van der Waals surface area contributed by atoms with Crippen molar-refractivity contribution < 1.29 is 23.9 Å². The maximum absolute atomic E-state index is 12.9.